The number of hydrogen-bond donors (Lipinski definition) is 1. The Morgan fingerprint density at radius 3 is 2.48 bits per heavy atom. The second-order valence-corrected chi connectivity index (χ2v) is 6.23. The monoisotopic (exact) mass is 341 g/mol. The Labute approximate surface area is 139 Å². The van der Waals surface area contributed by atoms with Crippen molar-refractivity contribution in [1.29, 1.82) is 0 Å². The van der Waals surface area contributed by atoms with E-state index in [0.29, 0.717) is 32.6 Å². The van der Waals surface area contributed by atoms with E-state index < -0.39 is 0 Å². The zero-order chi connectivity index (χ0) is 14.8. The Morgan fingerprint density at radius 2 is 1.71 bits per heavy atom. The summed E-state index contributed by atoms with van der Waals surface area (Å²) in [6, 6.07) is 11.6. The summed E-state index contributed by atoms with van der Waals surface area (Å²) < 4.78 is 5.92. The summed E-state index contributed by atoms with van der Waals surface area (Å²) in [4.78, 5) is 0. The van der Waals surface area contributed by atoms with E-state index in [1.54, 1.807) is 24.3 Å². The molecule has 0 saturated heterocycles. The molecule has 0 aliphatic heterocycles. The summed E-state index contributed by atoms with van der Waals surface area (Å²) in [5.74, 6) is 1.13. The summed E-state index contributed by atoms with van der Waals surface area (Å²) in [6.45, 7) is 0.721. The van der Waals surface area contributed by atoms with Crippen LogP contribution >= 0.6 is 34.8 Å². The Balaban J connectivity index is 1.87. The molecule has 0 spiro atoms. The molecule has 5 heteroatoms. The number of nitrogens with one attached hydrogen (secondary N) is 1. The van der Waals surface area contributed by atoms with Crippen LogP contribution in [0.2, 0.25) is 15.1 Å². The largest absolute Gasteiger partial charge is 0.454 e. The Morgan fingerprint density at radius 1 is 1.00 bits per heavy atom. The van der Waals surface area contributed by atoms with Gasteiger partial charge in [0.2, 0.25) is 0 Å². The van der Waals surface area contributed by atoms with Gasteiger partial charge in [0.05, 0.1) is 10.0 Å². The lowest BCUT2D eigenvalue weighted by atomic mass is 10.2. The molecule has 1 N–H and O–H groups in total. The second kappa shape index (κ2) is 6.45. The van der Waals surface area contributed by atoms with Crippen molar-refractivity contribution < 1.29 is 4.74 Å². The van der Waals surface area contributed by atoms with E-state index >= 15 is 0 Å². The molecule has 0 bridgehead atoms. The van der Waals surface area contributed by atoms with E-state index in [2.05, 4.69) is 5.32 Å². The van der Waals surface area contributed by atoms with Gasteiger partial charge in [0.15, 0.2) is 5.75 Å². The molecular formula is C16H14Cl3NO. The SMILES string of the molecule is Clc1cccc(Oc2c(Cl)cccc2CNC2CC2)c1Cl. The fourth-order valence-electron chi connectivity index (χ4n) is 2.02. The molecule has 0 radical (unpaired) electrons. The van der Waals surface area contributed by atoms with E-state index in [9.17, 15) is 0 Å². The molecule has 0 atom stereocenters. The Hall–Kier alpha value is -0.930. The van der Waals surface area contributed by atoms with Gasteiger partial charge in [-0.1, -0.05) is 53.0 Å². The van der Waals surface area contributed by atoms with Crippen molar-refractivity contribution >= 4 is 34.8 Å². The molecular weight excluding hydrogens is 329 g/mol. The lowest BCUT2D eigenvalue weighted by Gasteiger charge is -2.14. The van der Waals surface area contributed by atoms with Crippen molar-refractivity contribution in [2.75, 3.05) is 0 Å². The minimum absolute atomic E-state index is 0.389. The van der Waals surface area contributed by atoms with Crippen molar-refractivity contribution in [1.82, 2.24) is 5.32 Å². The second-order valence-electron chi connectivity index (χ2n) is 5.04. The highest BCUT2D eigenvalue weighted by molar-refractivity contribution is 6.43. The van der Waals surface area contributed by atoms with Crippen molar-refractivity contribution in [3.8, 4) is 11.5 Å². The highest BCUT2D eigenvalue weighted by atomic mass is 35.5. The average molecular weight is 343 g/mol. The van der Waals surface area contributed by atoms with Crippen molar-refractivity contribution in [2.45, 2.75) is 25.4 Å². The van der Waals surface area contributed by atoms with Gasteiger partial charge < -0.3 is 10.1 Å². The zero-order valence-electron chi connectivity index (χ0n) is 11.2. The van der Waals surface area contributed by atoms with Crippen molar-refractivity contribution in [3.63, 3.8) is 0 Å². The lowest BCUT2D eigenvalue weighted by Crippen LogP contribution is -2.15. The minimum atomic E-state index is 0.389. The molecule has 1 fully saturated rings. The Bertz CT molecular complexity index is 656. The molecule has 2 aromatic carbocycles. The van der Waals surface area contributed by atoms with Gasteiger partial charge in [-0.05, 0) is 31.0 Å². The first-order chi connectivity index (χ1) is 10.1. The van der Waals surface area contributed by atoms with Crippen LogP contribution in [-0.4, -0.2) is 6.04 Å². The van der Waals surface area contributed by atoms with E-state index in [-0.39, 0.29) is 0 Å². The third-order valence-electron chi connectivity index (χ3n) is 3.34. The summed E-state index contributed by atoms with van der Waals surface area (Å²) in [6.07, 6.45) is 2.47. The number of rotatable bonds is 5. The average Bonchev–Trinajstić information content (AvgIpc) is 3.28. The van der Waals surface area contributed by atoms with Crippen LogP contribution in [0.25, 0.3) is 0 Å². The van der Waals surface area contributed by atoms with Gasteiger partial charge >= 0.3 is 0 Å². The first kappa shape index (κ1) is 15.0. The van der Waals surface area contributed by atoms with E-state index in [1.165, 1.54) is 12.8 Å². The number of hydrogen-bond acceptors (Lipinski definition) is 2. The molecule has 2 nitrogen and oxygen atoms in total. The maximum atomic E-state index is 6.27. The van der Waals surface area contributed by atoms with Gasteiger partial charge in [0.25, 0.3) is 0 Å². The van der Waals surface area contributed by atoms with Crippen LogP contribution in [0.5, 0.6) is 11.5 Å². The smallest absolute Gasteiger partial charge is 0.150 e. The number of benzene rings is 2. The predicted molar refractivity (Wildman–Crippen MR) is 87.8 cm³/mol. The van der Waals surface area contributed by atoms with Crippen molar-refractivity contribution in [2.24, 2.45) is 0 Å². The summed E-state index contributed by atoms with van der Waals surface area (Å²) in [5, 5.41) is 4.86. The number of para-hydroxylation sites is 1. The summed E-state index contributed by atoms with van der Waals surface area (Å²) in [7, 11) is 0. The number of ether oxygens (including phenoxy) is 1. The van der Waals surface area contributed by atoms with Crippen molar-refractivity contribution in [3.05, 3.63) is 57.0 Å². The van der Waals surface area contributed by atoms with E-state index in [0.717, 1.165) is 12.1 Å². The van der Waals surface area contributed by atoms with Crippen LogP contribution in [0.15, 0.2) is 36.4 Å². The zero-order valence-corrected chi connectivity index (χ0v) is 13.5. The highest BCUT2D eigenvalue weighted by Crippen LogP contribution is 2.39. The molecule has 2 aromatic rings. The highest BCUT2D eigenvalue weighted by Gasteiger charge is 2.21. The van der Waals surface area contributed by atoms with Crippen LogP contribution in [0.3, 0.4) is 0 Å². The molecule has 0 unspecified atom stereocenters. The van der Waals surface area contributed by atoms with Gasteiger partial charge in [-0.15, -0.1) is 0 Å². The standard InChI is InChI=1S/C16H14Cl3NO/c17-12-4-2-6-14(15(12)19)21-16-10(3-1-5-13(16)18)9-20-11-7-8-11/h1-6,11,20H,7-9H2. The first-order valence-electron chi connectivity index (χ1n) is 6.78. The number of halogens is 3. The van der Waals surface area contributed by atoms with Crippen LogP contribution < -0.4 is 10.1 Å². The predicted octanol–water partition coefficient (Wildman–Crippen LogP) is 5.69. The van der Waals surface area contributed by atoms with Gasteiger partial charge in [-0.25, -0.2) is 0 Å². The molecule has 3 rings (SSSR count). The molecule has 1 aliphatic rings. The molecule has 21 heavy (non-hydrogen) atoms. The van der Waals surface area contributed by atoms with Crippen LogP contribution in [0.1, 0.15) is 18.4 Å². The molecule has 1 aliphatic carbocycles. The van der Waals surface area contributed by atoms with E-state index in [4.69, 9.17) is 39.5 Å². The molecule has 110 valence electrons. The van der Waals surface area contributed by atoms with Gasteiger partial charge in [-0.2, -0.15) is 0 Å². The Kier molecular flexibility index (Phi) is 4.60. The molecule has 0 amide bonds. The maximum Gasteiger partial charge on any atom is 0.150 e. The van der Waals surface area contributed by atoms with Crippen LogP contribution in [0, 0.1) is 0 Å². The quantitative estimate of drug-likeness (QED) is 0.753. The summed E-state index contributed by atoms with van der Waals surface area (Å²) in [5.41, 5.74) is 1.01. The maximum absolute atomic E-state index is 6.27. The topological polar surface area (TPSA) is 21.3 Å². The van der Waals surface area contributed by atoms with Crippen LogP contribution in [0.4, 0.5) is 0 Å². The lowest BCUT2D eigenvalue weighted by molar-refractivity contribution is 0.473. The summed E-state index contributed by atoms with van der Waals surface area (Å²) >= 11 is 18.5. The third-order valence-corrected chi connectivity index (χ3v) is 4.43. The van der Waals surface area contributed by atoms with Gasteiger partial charge in [-0.3, -0.25) is 0 Å². The van der Waals surface area contributed by atoms with E-state index in [1.807, 2.05) is 12.1 Å². The molecule has 0 aromatic heterocycles. The molecule has 0 heterocycles. The first-order valence-corrected chi connectivity index (χ1v) is 7.91. The van der Waals surface area contributed by atoms with Gasteiger partial charge in [0.1, 0.15) is 10.8 Å². The normalized spacial score (nSPS) is 14.2. The molecule has 1 saturated carbocycles. The third kappa shape index (κ3) is 3.64. The fourth-order valence-corrected chi connectivity index (χ4v) is 2.58. The fraction of sp³-hybridized carbons (Fsp3) is 0.250. The van der Waals surface area contributed by atoms with Gasteiger partial charge in [0, 0.05) is 18.2 Å². The minimum Gasteiger partial charge on any atom is -0.454 e. The van der Waals surface area contributed by atoms with Crippen LogP contribution in [-0.2, 0) is 6.54 Å².